The number of hydrogen-bond donors (Lipinski definition) is 3. The minimum atomic E-state index is -4.03. The predicted octanol–water partition coefficient (Wildman–Crippen LogP) is 1.83. The third-order valence-electron chi connectivity index (χ3n) is 11.4. The molecule has 1 unspecified atom stereocenters. The highest BCUT2D eigenvalue weighted by atomic mass is 32.2. The van der Waals surface area contributed by atoms with E-state index < -0.39 is 74.6 Å². The number of Topliss-reactive ketones (excluding diaryl/α,β-unsaturated/α-hetero) is 2. The zero-order valence-electron chi connectivity index (χ0n) is 30.5. The van der Waals surface area contributed by atoms with Crippen molar-refractivity contribution in [3.63, 3.8) is 0 Å². The van der Waals surface area contributed by atoms with Gasteiger partial charge in [0.1, 0.15) is 6.04 Å². The van der Waals surface area contributed by atoms with Gasteiger partial charge in [-0.15, -0.1) is 0 Å². The molecule has 6 atom stereocenters. The van der Waals surface area contributed by atoms with Crippen LogP contribution in [0, 0.1) is 39.9 Å². The monoisotopic (exact) mass is 708 g/mol. The van der Waals surface area contributed by atoms with E-state index in [1.807, 2.05) is 41.5 Å². The number of carbonyl (C=O) groups excluding carboxylic acids is 6. The Labute approximate surface area is 290 Å². The van der Waals surface area contributed by atoms with Crippen LogP contribution in [0.2, 0.25) is 0 Å². The molecule has 0 bridgehead atoms. The quantitative estimate of drug-likeness (QED) is 0.255. The lowest BCUT2D eigenvalue weighted by Crippen LogP contribution is -2.61. The van der Waals surface area contributed by atoms with Gasteiger partial charge in [-0.2, -0.15) is 12.7 Å². The number of fused-ring (bicyclic) bond motifs is 1. The average molecular weight is 709 g/mol. The fraction of sp³-hybridized carbons (Fsp3) is 0.824. The van der Waals surface area contributed by atoms with E-state index in [2.05, 4.69) is 24.5 Å². The number of urea groups is 1. The Kier molecular flexibility index (Phi) is 10.7. The maximum absolute atomic E-state index is 14.4. The van der Waals surface area contributed by atoms with Crippen molar-refractivity contribution in [3.8, 4) is 0 Å². The molecule has 4 fully saturated rings. The minimum absolute atomic E-state index is 0.0217. The van der Waals surface area contributed by atoms with Gasteiger partial charge in [0.05, 0.1) is 12.6 Å². The minimum Gasteiger partial charge on any atom is -0.363 e. The van der Waals surface area contributed by atoms with E-state index in [0.717, 1.165) is 23.6 Å². The largest absolute Gasteiger partial charge is 0.363 e. The number of carbonyl (C=O) groups is 6. The van der Waals surface area contributed by atoms with Crippen LogP contribution in [0.5, 0.6) is 0 Å². The molecule has 14 nitrogen and oxygen atoms in total. The zero-order chi connectivity index (χ0) is 37.0. The number of ketones is 2. The lowest BCUT2D eigenvalue weighted by Gasteiger charge is -2.39. The van der Waals surface area contributed by atoms with E-state index >= 15 is 0 Å². The zero-order valence-corrected chi connectivity index (χ0v) is 31.3. The Morgan fingerprint density at radius 2 is 1.55 bits per heavy atom. The second kappa shape index (κ2) is 13.6. The summed E-state index contributed by atoms with van der Waals surface area (Å²) in [4.78, 5) is 80.2. The van der Waals surface area contributed by atoms with E-state index in [1.54, 1.807) is 4.90 Å². The lowest BCUT2D eigenvalue weighted by atomic mass is 9.76. The van der Waals surface area contributed by atoms with Crippen LogP contribution in [0.25, 0.3) is 0 Å². The summed E-state index contributed by atoms with van der Waals surface area (Å²) in [6.07, 6.45) is 3.15. The topological polar surface area (TPSA) is 196 Å². The van der Waals surface area contributed by atoms with Crippen molar-refractivity contribution in [1.82, 2.24) is 24.1 Å². The molecule has 0 aromatic rings. The summed E-state index contributed by atoms with van der Waals surface area (Å²) in [5.41, 5.74) is 3.80. The molecule has 276 valence electrons. The van der Waals surface area contributed by atoms with Crippen LogP contribution in [0.15, 0.2) is 0 Å². The first-order valence-corrected chi connectivity index (χ1v) is 18.8. The van der Waals surface area contributed by atoms with Gasteiger partial charge in [0.25, 0.3) is 5.91 Å². The van der Waals surface area contributed by atoms with Gasteiger partial charge in [-0.3, -0.25) is 24.0 Å². The maximum atomic E-state index is 14.4. The molecule has 0 aromatic heterocycles. The number of nitrogens with two attached hydrogens (primary N) is 1. The molecule has 2 saturated heterocycles. The van der Waals surface area contributed by atoms with Crippen LogP contribution in [-0.4, -0.2) is 102 Å². The average Bonchev–Trinajstić information content (AvgIpc) is 3.23. The molecular formula is C34H56N6O8S. The van der Waals surface area contributed by atoms with E-state index in [1.165, 1.54) is 11.2 Å². The Balaban J connectivity index is 1.52. The molecule has 49 heavy (non-hydrogen) atoms. The van der Waals surface area contributed by atoms with Gasteiger partial charge < -0.3 is 21.3 Å². The van der Waals surface area contributed by atoms with Gasteiger partial charge in [0.15, 0.2) is 5.78 Å². The fourth-order valence-electron chi connectivity index (χ4n) is 7.82. The van der Waals surface area contributed by atoms with Crippen LogP contribution >= 0.6 is 0 Å². The second-order valence-corrected chi connectivity index (χ2v) is 19.2. The van der Waals surface area contributed by atoms with Crippen LogP contribution in [0.3, 0.4) is 0 Å². The molecule has 0 aromatic carbocycles. The molecule has 4 aliphatic rings. The van der Waals surface area contributed by atoms with Crippen LogP contribution in [-0.2, 0) is 34.2 Å². The summed E-state index contributed by atoms with van der Waals surface area (Å²) >= 11 is 0. The Morgan fingerprint density at radius 1 is 0.939 bits per heavy atom. The van der Waals surface area contributed by atoms with Crippen LogP contribution < -0.4 is 16.4 Å². The third kappa shape index (κ3) is 7.97. The highest BCUT2D eigenvalue weighted by molar-refractivity contribution is 7.87. The number of rotatable bonds is 12. The Hall–Kier alpha value is -3.07. The highest BCUT2D eigenvalue weighted by Crippen LogP contribution is 2.65. The van der Waals surface area contributed by atoms with Gasteiger partial charge in [-0.25, -0.2) is 9.10 Å². The molecule has 15 heteroatoms. The first-order chi connectivity index (χ1) is 22.4. The molecule has 0 radical (unpaired) electrons. The molecule has 5 amide bonds. The van der Waals surface area contributed by atoms with Crippen molar-refractivity contribution in [2.75, 3.05) is 26.2 Å². The molecule has 4 rings (SSSR count). The van der Waals surface area contributed by atoms with Gasteiger partial charge in [0, 0.05) is 44.9 Å². The Morgan fingerprint density at radius 3 is 2.02 bits per heavy atom. The van der Waals surface area contributed by atoms with Crippen molar-refractivity contribution < 1.29 is 37.2 Å². The summed E-state index contributed by atoms with van der Waals surface area (Å²) in [6.45, 7) is 16.6. The molecule has 0 spiro atoms. The SMILES string of the molecule is CC(=O)N1CCN(C[C@@H](NC(=O)N[C@H](C(=O)N2C[C@H]3[C@@H]([C@H]2C(=O)CC(CC2CCC2)C(=O)C(N)=O)C3(C)C)C(C)(C)C)C(C)(C)C)S1(=O)=O. The van der Waals surface area contributed by atoms with Crippen molar-refractivity contribution in [3.05, 3.63) is 0 Å². The van der Waals surface area contributed by atoms with Crippen molar-refractivity contribution >= 4 is 45.5 Å². The number of likely N-dealkylation sites (tertiary alicyclic amines) is 1. The van der Waals surface area contributed by atoms with Gasteiger partial charge in [0.2, 0.25) is 17.6 Å². The number of amides is 5. The Bertz CT molecular complexity index is 1480. The summed E-state index contributed by atoms with van der Waals surface area (Å²) in [6, 6.07) is -3.22. The number of nitrogens with one attached hydrogen (secondary N) is 2. The lowest BCUT2D eigenvalue weighted by molar-refractivity contribution is -0.144. The fourth-order valence-corrected chi connectivity index (χ4v) is 9.39. The summed E-state index contributed by atoms with van der Waals surface area (Å²) in [7, 11) is -4.03. The summed E-state index contributed by atoms with van der Waals surface area (Å²) < 4.78 is 27.9. The molecule has 2 aliphatic heterocycles. The molecule has 4 N–H and O–H groups in total. The van der Waals surface area contributed by atoms with Crippen LogP contribution in [0.4, 0.5) is 4.79 Å². The van der Waals surface area contributed by atoms with Gasteiger partial charge >= 0.3 is 16.2 Å². The first-order valence-electron chi connectivity index (χ1n) is 17.4. The van der Waals surface area contributed by atoms with E-state index in [9.17, 15) is 37.2 Å². The van der Waals surface area contributed by atoms with Crippen LogP contribution in [0.1, 0.15) is 94.4 Å². The molecular weight excluding hydrogens is 652 g/mol. The molecule has 2 heterocycles. The van der Waals surface area contributed by atoms with E-state index in [4.69, 9.17) is 5.73 Å². The van der Waals surface area contributed by atoms with Gasteiger partial charge in [-0.1, -0.05) is 74.7 Å². The standard InChI is InChI=1S/C34H56N6O8S/c1-19(41)40-14-13-38(49(40,47)48)18-24(32(2,3)4)36-31(46)37-28(33(5,6)7)30(45)39-17-22-25(34(22,8)9)26(39)23(42)16-21(27(43)29(35)44)15-20-11-10-12-20/h20-22,24-26,28H,10-18H2,1-9H3,(H2,35,44)(H2,36,37,46)/t21?,22-,24+,25-,26+,28+/m0/s1. The number of piperidine rings is 1. The highest BCUT2D eigenvalue weighted by Gasteiger charge is 2.69. The van der Waals surface area contributed by atoms with Crippen molar-refractivity contribution in [1.29, 1.82) is 0 Å². The second-order valence-electron chi connectivity index (χ2n) is 17.3. The first kappa shape index (κ1) is 38.7. The third-order valence-corrected chi connectivity index (χ3v) is 13.3. The number of primary amides is 1. The van der Waals surface area contributed by atoms with Crippen molar-refractivity contribution in [2.24, 2.45) is 45.7 Å². The van der Waals surface area contributed by atoms with Crippen molar-refractivity contribution in [2.45, 2.75) is 113 Å². The molecule has 2 saturated carbocycles. The predicted molar refractivity (Wildman–Crippen MR) is 182 cm³/mol. The summed E-state index contributed by atoms with van der Waals surface area (Å²) in [5.74, 6) is -3.71. The smallest absolute Gasteiger partial charge is 0.315 e. The van der Waals surface area contributed by atoms with Gasteiger partial charge in [-0.05, 0) is 40.4 Å². The normalized spacial score (nSPS) is 26.6. The number of hydrogen-bond acceptors (Lipinski definition) is 8. The van der Waals surface area contributed by atoms with E-state index in [-0.39, 0.29) is 55.0 Å². The number of nitrogens with zero attached hydrogens (tertiary/aromatic N) is 3. The maximum Gasteiger partial charge on any atom is 0.315 e. The van der Waals surface area contributed by atoms with E-state index in [0.29, 0.717) is 13.0 Å². The summed E-state index contributed by atoms with van der Waals surface area (Å²) in [5, 5.41) is 5.71. The molecule has 2 aliphatic carbocycles.